The highest BCUT2D eigenvalue weighted by atomic mass is 35.5. The SMILES string of the molecule is CC(C)(C)OC(=O)/N=C(\N)N(CCc1ccc(OCCC2Oc3ccc(C(F)(F)F)cc3N(Cc3cccc(Cl)c3)C2=O)cc1)C(=O)OC(C)(C)C. The first-order chi connectivity index (χ1) is 24.2. The molecule has 52 heavy (non-hydrogen) atoms. The Labute approximate surface area is 305 Å². The van der Waals surface area contributed by atoms with Gasteiger partial charge in [-0.3, -0.25) is 4.79 Å². The Morgan fingerprint density at radius 2 is 1.62 bits per heavy atom. The van der Waals surface area contributed by atoms with Gasteiger partial charge in [0.2, 0.25) is 5.96 Å². The van der Waals surface area contributed by atoms with Crippen molar-refractivity contribution in [1.82, 2.24) is 4.90 Å². The van der Waals surface area contributed by atoms with E-state index in [1.54, 1.807) is 90.1 Å². The van der Waals surface area contributed by atoms with Crippen molar-refractivity contribution in [3.8, 4) is 11.5 Å². The average Bonchev–Trinajstić information content (AvgIpc) is 3.01. The minimum absolute atomic E-state index is 0.00987. The number of carbonyl (C=O) groups excluding carboxylic acids is 3. The van der Waals surface area contributed by atoms with E-state index in [9.17, 15) is 27.6 Å². The number of alkyl halides is 3. The number of fused-ring (bicyclic) bond motifs is 1. The lowest BCUT2D eigenvalue weighted by Crippen LogP contribution is -2.46. The summed E-state index contributed by atoms with van der Waals surface area (Å²) in [6.07, 6.45) is -6.95. The van der Waals surface area contributed by atoms with Crippen LogP contribution in [0.15, 0.2) is 71.7 Å². The highest BCUT2D eigenvalue weighted by Crippen LogP contribution is 2.41. The summed E-state index contributed by atoms with van der Waals surface area (Å²) in [7, 11) is 0. The van der Waals surface area contributed by atoms with Crippen LogP contribution < -0.4 is 20.1 Å². The van der Waals surface area contributed by atoms with Gasteiger partial charge < -0.3 is 29.6 Å². The van der Waals surface area contributed by atoms with Crippen molar-refractivity contribution in [2.24, 2.45) is 10.7 Å². The molecule has 0 radical (unpaired) electrons. The molecule has 0 saturated carbocycles. The van der Waals surface area contributed by atoms with Crippen LogP contribution in [0.2, 0.25) is 5.02 Å². The Morgan fingerprint density at radius 3 is 2.23 bits per heavy atom. The zero-order valence-corrected chi connectivity index (χ0v) is 30.5. The highest BCUT2D eigenvalue weighted by Gasteiger charge is 2.38. The molecule has 2 N–H and O–H groups in total. The largest absolute Gasteiger partial charge is 0.493 e. The van der Waals surface area contributed by atoms with Crippen LogP contribution in [0, 0.1) is 0 Å². The molecular weight excluding hydrogens is 705 g/mol. The zero-order chi connectivity index (χ0) is 38.4. The third-order valence-corrected chi connectivity index (χ3v) is 7.54. The first kappa shape index (κ1) is 39.8. The summed E-state index contributed by atoms with van der Waals surface area (Å²) in [6.45, 7) is 10.2. The summed E-state index contributed by atoms with van der Waals surface area (Å²) < 4.78 is 63.1. The summed E-state index contributed by atoms with van der Waals surface area (Å²) in [5, 5.41) is 0.426. The highest BCUT2D eigenvalue weighted by molar-refractivity contribution is 6.30. The van der Waals surface area contributed by atoms with Gasteiger partial charge in [0.05, 0.1) is 24.4 Å². The fourth-order valence-corrected chi connectivity index (χ4v) is 5.21. The number of anilines is 1. The molecule has 1 unspecified atom stereocenters. The standard InChI is InChI=1S/C37H42ClF3N4O7/c1-35(2,3)51-33(47)43-32(42)44(34(48)52-36(4,5)6)18-16-23-10-13-27(14-11-23)49-19-17-30-31(46)45(22-24-8-7-9-26(38)20-24)28-21-25(37(39,40)41)12-15-29(28)50-30/h7-15,20-21,30H,16-19,22H2,1-6H3,(H2,42,43,47). The Hall–Kier alpha value is -4.98. The van der Waals surface area contributed by atoms with E-state index in [0.29, 0.717) is 22.8 Å². The van der Waals surface area contributed by atoms with Crippen LogP contribution in [-0.4, -0.2) is 59.4 Å². The number of rotatable bonds is 9. The molecule has 0 saturated heterocycles. The number of hydrogen-bond donors (Lipinski definition) is 1. The number of amides is 3. The van der Waals surface area contributed by atoms with E-state index in [1.807, 2.05) is 0 Å². The fraction of sp³-hybridized carbons (Fsp3) is 0.405. The quantitative estimate of drug-likeness (QED) is 0.171. The minimum atomic E-state index is -4.61. The lowest BCUT2D eigenvalue weighted by molar-refractivity contribution is -0.137. The van der Waals surface area contributed by atoms with Crippen LogP contribution in [0.4, 0.5) is 28.4 Å². The maximum Gasteiger partial charge on any atom is 0.437 e. The van der Waals surface area contributed by atoms with Crippen molar-refractivity contribution in [1.29, 1.82) is 0 Å². The molecule has 1 atom stereocenters. The molecule has 3 amide bonds. The third-order valence-electron chi connectivity index (χ3n) is 7.30. The van der Waals surface area contributed by atoms with Gasteiger partial charge in [0.25, 0.3) is 5.91 Å². The number of aliphatic imine (C=N–C) groups is 1. The third kappa shape index (κ3) is 11.5. The molecule has 0 bridgehead atoms. The topological polar surface area (TPSA) is 133 Å². The van der Waals surface area contributed by atoms with Crippen LogP contribution >= 0.6 is 11.6 Å². The minimum Gasteiger partial charge on any atom is -0.493 e. The second-order valence-electron chi connectivity index (χ2n) is 14.0. The van der Waals surface area contributed by atoms with E-state index < -0.39 is 47.1 Å². The number of nitrogens with two attached hydrogens (primary N) is 1. The number of ether oxygens (including phenoxy) is 4. The number of guanidine groups is 1. The molecule has 0 aromatic heterocycles. The molecule has 3 aromatic rings. The molecular formula is C37H42ClF3N4O7. The maximum atomic E-state index is 13.6. The summed E-state index contributed by atoms with van der Waals surface area (Å²) in [6, 6.07) is 16.7. The second kappa shape index (κ2) is 16.1. The van der Waals surface area contributed by atoms with Gasteiger partial charge in [-0.05, 0) is 102 Å². The van der Waals surface area contributed by atoms with Crippen LogP contribution in [0.5, 0.6) is 11.5 Å². The van der Waals surface area contributed by atoms with Gasteiger partial charge in [-0.2, -0.15) is 13.2 Å². The van der Waals surface area contributed by atoms with Crippen molar-refractivity contribution >= 4 is 41.3 Å². The first-order valence-electron chi connectivity index (χ1n) is 16.4. The number of benzene rings is 3. The van der Waals surface area contributed by atoms with Gasteiger partial charge in [0, 0.05) is 18.0 Å². The predicted molar refractivity (Wildman–Crippen MR) is 190 cm³/mol. The average molecular weight is 747 g/mol. The monoisotopic (exact) mass is 746 g/mol. The normalized spacial score (nSPS) is 15.0. The van der Waals surface area contributed by atoms with E-state index in [-0.39, 0.29) is 43.5 Å². The lowest BCUT2D eigenvalue weighted by atomic mass is 10.1. The van der Waals surface area contributed by atoms with E-state index in [1.165, 1.54) is 11.0 Å². The maximum absolute atomic E-state index is 13.6. The molecule has 11 nitrogen and oxygen atoms in total. The van der Waals surface area contributed by atoms with E-state index in [4.69, 9.17) is 36.3 Å². The van der Waals surface area contributed by atoms with Crippen molar-refractivity contribution in [3.05, 3.63) is 88.4 Å². The number of carbonyl (C=O) groups is 3. The predicted octanol–water partition coefficient (Wildman–Crippen LogP) is 8.15. The van der Waals surface area contributed by atoms with E-state index in [2.05, 4.69) is 4.99 Å². The smallest absolute Gasteiger partial charge is 0.437 e. The summed E-state index contributed by atoms with van der Waals surface area (Å²) in [5.41, 5.74) is 4.93. The van der Waals surface area contributed by atoms with Gasteiger partial charge >= 0.3 is 18.4 Å². The van der Waals surface area contributed by atoms with Crippen molar-refractivity contribution in [3.63, 3.8) is 0 Å². The van der Waals surface area contributed by atoms with Crippen LogP contribution in [0.25, 0.3) is 0 Å². The van der Waals surface area contributed by atoms with Crippen LogP contribution in [-0.2, 0) is 33.4 Å². The van der Waals surface area contributed by atoms with E-state index >= 15 is 0 Å². The molecule has 1 aliphatic heterocycles. The number of nitrogens with zero attached hydrogens (tertiary/aromatic N) is 3. The molecule has 3 aromatic carbocycles. The zero-order valence-electron chi connectivity index (χ0n) is 29.8. The van der Waals surface area contributed by atoms with Gasteiger partial charge in [-0.25, -0.2) is 14.5 Å². The number of halogens is 4. The van der Waals surface area contributed by atoms with Crippen LogP contribution in [0.3, 0.4) is 0 Å². The van der Waals surface area contributed by atoms with Crippen molar-refractivity contribution in [2.75, 3.05) is 18.1 Å². The molecule has 1 heterocycles. The first-order valence-corrected chi connectivity index (χ1v) is 16.8. The fourth-order valence-electron chi connectivity index (χ4n) is 5.00. The second-order valence-corrected chi connectivity index (χ2v) is 14.4. The Bertz CT molecular complexity index is 1790. The molecule has 0 fully saturated rings. The van der Waals surface area contributed by atoms with Crippen molar-refractivity contribution in [2.45, 2.75) is 84.4 Å². The molecule has 0 spiro atoms. The van der Waals surface area contributed by atoms with Gasteiger partial charge in [-0.15, -0.1) is 4.99 Å². The van der Waals surface area contributed by atoms with Gasteiger partial charge in [0.1, 0.15) is 22.7 Å². The Morgan fingerprint density at radius 1 is 0.942 bits per heavy atom. The molecule has 4 rings (SSSR count). The molecule has 280 valence electrons. The molecule has 15 heteroatoms. The van der Waals surface area contributed by atoms with Crippen LogP contribution in [0.1, 0.15) is 64.7 Å². The van der Waals surface area contributed by atoms with Gasteiger partial charge in [-0.1, -0.05) is 35.9 Å². The number of hydrogen-bond acceptors (Lipinski definition) is 7. The summed E-state index contributed by atoms with van der Waals surface area (Å²) in [4.78, 5) is 44.8. The Kier molecular flexibility index (Phi) is 12.4. The summed E-state index contributed by atoms with van der Waals surface area (Å²) >= 11 is 6.12. The summed E-state index contributed by atoms with van der Waals surface area (Å²) in [5.74, 6) is -0.276. The molecule has 0 aliphatic carbocycles. The Balaban J connectivity index is 1.41. The van der Waals surface area contributed by atoms with Gasteiger partial charge in [0.15, 0.2) is 6.10 Å². The van der Waals surface area contributed by atoms with Crippen molar-refractivity contribution < 1.29 is 46.5 Å². The van der Waals surface area contributed by atoms with E-state index in [0.717, 1.165) is 22.6 Å². The lowest BCUT2D eigenvalue weighted by Gasteiger charge is -2.35. The molecule has 1 aliphatic rings.